The topological polar surface area (TPSA) is 90.6 Å². The van der Waals surface area contributed by atoms with Crippen LogP contribution in [0.25, 0.3) is 17.0 Å². The molecule has 4 rings (SSSR count). The van der Waals surface area contributed by atoms with E-state index in [0.717, 1.165) is 5.56 Å². The maximum Gasteiger partial charge on any atom is 0.258 e. The van der Waals surface area contributed by atoms with Crippen molar-refractivity contribution >= 4 is 11.6 Å². The van der Waals surface area contributed by atoms with E-state index in [-0.39, 0.29) is 19.1 Å². The summed E-state index contributed by atoms with van der Waals surface area (Å²) in [5, 5.41) is 15.6. The number of hydrogen-bond acceptors (Lipinski definition) is 6. The molecule has 2 aromatic heterocycles. The number of carbonyl (C=O) groups excluding carboxylic acids is 1. The highest BCUT2D eigenvalue weighted by atomic mass is 16.5. The second-order valence-electron chi connectivity index (χ2n) is 7.54. The maximum atomic E-state index is 12.0. The Kier molecular flexibility index (Phi) is 6.60. The van der Waals surface area contributed by atoms with Gasteiger partial charge in [-0.05, 0) is 29.7 Å². The highest BCUT2D eigenvalue weighted by Gasteiger charge is 2.10. The van der Waals surface area contributed by atoms with E-state index >= 15 is 0 Å². The van der Waals surface area contributed by atoms with Crippen LogP contribution in [0, 0.1) is 0 Å². The fourth-order valence-corrected chi connectivity index (χ4v) is 3.11. The lowest BCUT2D eigenvalue weighted by Gasteiger charge is -2.10. The Morgan fingerprint density at radius 3 is 2.50 bits per heavy atom. The Hall–Kier alpha value is -3.94. The molecule has 0 aliphatic rings. The molecule has 0 fully saturated rings. The summed E-state index contributed by atoms with van der Waals surface area (Å²) in [6.45, 7) is 4.82. The number of nitrogens with zero attached hydrogens (tertiary/aromatic N) is 4. The maximum absolute atomic E-state index is 12.0. The molecule has 8 heteroatoms. The van der Waals surface area contributed by atoms with Crippen LogP contribution in [0.3, 0.4) is 0 Å². The molecule has 164 valence electrons. The first-order chi connectivity index (χ1) is 15.6. The van der Waals surface area contributed by atoms with Crippen LogP contribution < -0.4 is 14.8 Å². The van der Waals surface area contributed by atoms with Crippen molar-refractivity contribution in [2.75, 3.05) is 19.8 Å². The Morgan fingerprint density at radius 2 is 1.75 bits per heavy atom. The van der Waals surface area contributed by atoms with Gasteiger partial charge < -0.3 is 14.8 Å². The molecule has 8 nitrogen and oxygen atoms in total. The van der Waals surface area contributed by atoms with E-state index in [1.807, 2.05) is 54.6 Å². The van der Waals surface area contributed by atoms with Crippen molar-refractivity contribution in [2.45, 2.75) is 19.8 Å². The van der Waals surface area contributed by atoms with Crippen molar-refractivity contribution in [3.8, 4) is 23.0 Å². The van der Waals surface area contributed by atoms with Gasteiger partial charge in [-0.25, -0.2) is 0 Å². The quantitative estimate of drug-likeness (QED) is 0.408. The third-order valence-electron chi connectivity index (χ3n) is 4.86. The average molecular weight is 431 g/mol. The number of ether oxygens (including phenoxy) is 2. The van der Waals surface area contributed by atoms with Crippen LogP contribution >= 0.6 is 0 Å². The molecule has 0 saturated heterocycles. The number of rotatable bonds is 9. The van der Waals surface area contributed by atoms with E-state index in [1.165, 1.54) is 5.56 Å². The zero-order valence-corrected chi connectivity index (χ0v) is 18.1. The van der Waals surface area contributed by atoms with Crippen LogP contribution in [0.2, 0.25) is 0 Å². The Bertz CT molecular complexity index is 1170. The number of hydrogen-bond donors (Lipinski definition) is 1. The number of fused-ring (bicyclic) bond motifs is 1. The molecule has 2 aromatic carbocycles. The molecule has 2 heterocycles. The minimum Gasteiger partial charge on any atom is -0.484 e. The highest BCUT2D eigenvalue weighted by Crippen LogP contribution is 2.19. The van der Waals surface area contributed by atoms with Gasteiger partial charge in [-0.1, -0.05) is 56.3 Å². The lowest BCUT2D eigenvalue weighted by Crippen LogP contribution is -2.32. The number of benzene rings is 2. The summed E-state index contributed by atoms with van der Waals surface area (Å²) in [5.41, 5.74) is 2.77. The lowest BCUT2D eigenvalue weighted by molar-refractivity contribution is -0.123. The van der Waals surface area contributed by atoms with Crippen molar-refractivity contribution in [3.63, 3.8) is 0 Å². The van der Waals surface area contributed by atoms with Gasteiger partial charge in [-0.3, -0.25) is 4.79 Å². The van der Waals surface area contributed by atoms with E-state index < -0.39 is 0 Å². The van der Waals surface area contributed by atoms with E-state index in [2.05, 4.69) is 34.5 Å². The molecular weight excluding hydrogens is 406 g/mol. The van der Waals surface area contributed by atoms with Crippen molar-refractivity contribution in [1.82, 2.24) is 25.1 Å². The molecule has 0 aliphatic heterocycles. The molecule has 0 spiro atoms. The Morgan fingerprint density at radius 1 is 0.969 bits per heavy atom. The summed E-state index contributed by atoms with van der Waals surface area (Å²) in [4.78, 5) is 12.0. The van der Waals surface area contributed by atoms with Crippen LogP contribution in [0.1, 0.15) is 25.3 Å². The number of amides is 1. The van der Waals surface area contributed by atoms with Crippen molar-refractivity contribution in [3.05, 3.63) is 72.3 Å². The predicted octanol–water partition coefficient (Wildman–Crippen LogP) is 3.49. The Balaban J connectivity index is 1.25. The third-order valence-corrected chi connectivity index (χ3v) is 4.86. The molecule has 1 amide bonds. The number of nitrogens with one attached hydrogen (secondary N) is 1. The van der Waals surface area contributed by atoms with Gasteiger partial charge in [0.1, 0.15) is 12.4 Å². The average Bonchev–Trinajstić information content (AvgIpc) is 3.24. The molecule has 1 N–H and O–H groups in total. The predicted molar refractivity (Wildman–Crippen MR) is 121 cm³/mol. The molecule has 0 unspecified atom stereocenters. The first-order valence-corrected chi connectivity index (χ1v) is 10.5. The summed E-state index contributed by atoms with van der Waals surface area (Å²) >= 11 is 0. The van der Waals surface area contributed by atoms with Gasteiger partial charge >= 0.3 is 0 Å². The number of carbonyl (C=O) groups is 1. The lowest BCUT2D eigenvalue weighted by atomic mass is 10.0. The first kappa shape index (κ1) is 21.3. The smallest absolute Gasteiger partial charge is 0.258 e. The normalized spacial score (nSPS) is 11.0. The fraction of sp³-hybridized carbons (Fsp3) is 0.250. The zero-order chi connectivity index (χ0) is 22.3. The molecule has 0 aliphatic carbocycles. The third kappa shape index (κ3) is 5.21. The van der Waals surface area contributed by atoms with E-state index in [0.29, 0.717) is 35.6 Å². The van der Waals surface area contributed by atoms with Gasteiger partial charge in [0.2, 0.25) is 5.88 Å². The van der Waals surface area contributed by atoms with Crippen LogP contribution in [0.5, 0.6) is 11.6 Å². The monoisotopic (exact) mass is 431 g/mol. The van der Waals surface area contributed by atoms with Gasteiger partial charge in [-0.15, -0.1) is 15.3 Å². The van der Waals surface area contributed by atoms with Gasteiger partial charge in [0.15, 0.2) is 18.1 Å². The second-order valence-corrected chi connectivity index (χ2v) is 7.54. The summed E-state index contributed by atoms with van der Waals surface area (Å²) in [5.74, 6) is 1.97. The second kappa shape index (κ2) is 9.91. The molecule has 0 radical (unpaired) electrons. The molecule has 4 aromatic rings. The SMILES string of the molecule is CC(C)c1ccc(OCC(=O)NCCOc2ccc3nnc(-c4ccccc4)n3n2)cc1. The van der Waals surface area contributed by atoms with Gasteiger partial charge in [0.05, 0.1) is 6.54 Å². The standard InChI is InChI=1S/C24H25N5O3/c1-17(2)18-8-10-20(11-9-18)32-16-22(30)25-14-15-31-23-13-12-21-26-27-24(29(21)28-23)19-6-4-3-5-7-19/h3-13,17H,14-16H2,1-2H3,(H,25,30). The molecule has 0 bridgehead atoms. The van der Waals surface area contributed by atoms with E-state index in [4.69, 9.17) is 9.47 Å². The van der Waals surface area contributed by atoms with Crippen molar-refractivity contribution in [2.24, 2.45) is 0 Å². The summed E-state index contributed by atoms with van der Waals surface area (Å²) in [7, 11) is 0. The van der Waals surface area contributed by atoms with Crippen molar-refractivity contribution in [1.29, 1.82) is 0 Å². The van der Waals surface area contributed by atoms with E-state index in [9.17, 15) is 4.79 Å². The Labute approximate surface area is 186 Å². The highest BCUT2D eigenvalue weighted by molar-refractivity contribution is 5.77. The molecule has 0 atom stereocenters. The van der Waals surface area contributed by atoms with Crippen molar-refractivity contribution < 1.29 is 14.3 Å². The molecular formula is C24H25N5O3. The van der Waals surface area contributed by atoms with Crippen LogP contribution in [-0.4, -0.2) is 45.5 Å². The minimum absolute atomic E-state index is 0.0492. The number of aromatic nitrogens is 4. The zero-order valence-electron chi connectivity index (χ0n) is 18.1. The summed E-state index contributed by atoms with van der Waals surface area (Å²) in [6.07, 6.45) is 0. The largest absolute Gasteiger partial charge is 0.484 e. The fourth-order valence-electron chi connectivity index (χ4n) is 3.11. The van der Waals surface area contributed by atoms with Gasteiger partial charge in [-0.2, -0.15) is 4.52 Å². The van der Waals surface area contributed by atoms with Crippen LogP contribution in [-0.2, 0) is 4.79 Å². The van der Waals surface area contributed by atoms with Gasteiger partial charge in [0, 0.05) is 11.6 Å². The van der Waals surface area contributed by atoms with Crippen LogP contribution in [0.4, 0.5) is 0 Å². The minimum atomic E-state index is -0.213. The summed E-state index contributed by atoms with van der Waals surface area (Å²) in [6, 6.07) is 21.0. The molecule has 0 saturated carbocycles. The van der Waals surface area contributed by atoms with E-state index in [1.54, 1.807) is 16.6 Å². The molecule has 32 heavy (non-hydrogen) atoms. The first-order valence-electron chi connectivity index (χ1n) is 10.5. The van der Waals surface area contributed by atoms with Gasteiger partial charge in [0.25, 0.3) is 5.91 Å². The summed E-state index contributed by atoms with van der Waals surface area (Å²) < 4.78 is 12.9. The van der Waals surface area contributed by atoms with Crippen LogP contribution in [0.15, 0.2) is 66.7 Å².